The zero-order chi connectivity index (χ0) is 19.6. The maximum absolute atomic E-state index is 12.0. The molecule has 0 bridgehead atoms. The largest absolute Gasteiger partial charge is 0.316 e. The van der Waals surface area contributed by atoms with Crippen molar-refractivity contribution >= 4 is 32.3 Å². The number of sulfonamides is 1. The highest BCUT2D eigenvalue weighted by molar-refractivity contribution is 7.88. The molecule has 0 spiro atoms. The van der Waals surface area contributed by atoms with E-state index in [1.807, 2.05) is 36.4 Å². The number of benzene rings is 1. The quantitative estimate of drug-likeness (QED) is 0.690. The topological polar surface area (TPSA) is 75.2 Å². The van der Waals surface area contributed by atoms with Gasteiger partial charge in [0.15, 0.2) is 5.13 Å². The zero-order valence-electron chi connectivity index (χ0n) is 15.6. The lowest BCUT2D eigenvalue weighted by atomic mass is 9.71. The maximum atomic E-state index is 12.0. The monoisotopic (exact) mass is 414 g/mol. The van der Waals surface area contributed by atoms with E-state index in [9.17, 15) is 8.42 Å². The normalized spacial score (nSPS) is 17.3. The molecule has 3 heterocycles. The third kappa shape index (κ3) is 3.80. The number of nitrogens with zero attached hydrogens (tertiary/aromatic N) is 3. The van der Waals surface area contributed by atoms with Crippen LogP contribution in [0, 0.1) is 0 Å². The number of rotatable bonds is 5. The molecule has 146 valence electrons. The van der Waals surface area contributed by atoms with E-state index in [1.54, 1.807) is 21.8 Å². The summed E-state index contributed by atoms with van der Waals surface area (Å²) in [4.78, 5) is 9.15. The molecule has 1 aliphatic rings. The molecule has 1 aromatic carbocycles. The molecule has 0 amide bonds. The van der Waals surface area contributed by atoms with Crippen LogP contribution in [0.4, 0.5) is 10.9 Å². The Hall–Kier alpha value is -2.29. The number of aromatic nitrogens is 2. The highest BCUT2D eigenvalue weighted by Gasteiger charge is 2.41. The minimum absolute atomic E-state index is 0.289. The molecule has 0 aliphatic carbocycles. The fourth-order valence-electron chi connectivity index (χ4n) is 3.75. The molecule has 0 unspecified atom stereocenters. The van der Waals surface area contributed by atoms with Gasteiger partial charge in [-0.1, -0.05) is 36.4 Å². The molecule has 3 aromatic rings. The summed E-state index contributed by atoms with van der Waals surface area (Å²) in [5, 5.41) is 6.12. The van der Waals surface area contributed by atoms with Crippen molar-refractivity contribution < 1.29 is 8.42 Å². The van der Waals surface area contributed by atoms with E-state index in [1.165, 1.54) is 11.8 Å². The number of hydrogen-bond donors (Lipinski definition) is 1. The van der Waals surface area contributed by atoms with Gasteiger partial charge < -0.3 is 5.32 Å². The van der Waals surface area contributed by atoms with Crippen LogP contribution in [0.5, 0.6) is 0 Å². The summed E-state index contributed by atoms with van der Waals surface area (Å²) in [6.45, 7) is 0.989. The van der Waals surface area contributed by atoms with Crippen molar-refractivity contribution in [3.63, 3.8) is 0 Å². The first-order valence-corrected chi connectivity index (χ1v) is 11.8. The average Bonchev–Trinajstić information content (AvgIpc) is 3.18. The van der Waals surface area contributed by atoms with Crippen LogP contribution in [0.3, 0.4) is 0 Å². The number of piperidine rings is 1. The first kappa shape index (κ1) is 19.0. The van der Waals surface area contributed by atoms with Crippen molar-refractivity contribution in [3.8, 4) is 0 Å². The molecular weight excluding hydrogens is 392 g/mol. The average molecular weight is 415 g/mol. The number of anilines is 2. The Kier molecular flexibility index (Phi) is 5.18. The molecular formula is C20H22N4O2S2. The van der Waals surface area contributed by atoms with Crippen LogP contribution in [-0.4, -0.2) is 42.0 Å². The van der Waals surface area contributed by atoms with Crippen molar-refractivity contribution in [1.29, 1.82) is 0 Å². The van der Waals surface area contributed by atoms with Crippen LogP contribution >= 0.6 is 11.3 Å². The van der Waals surface area contributed by atoms with Gasteiger partial charge in [-0.3, -0.25) is 0 Å². The molecule has 1 N–H and O–H groups in total. The summed E-state index contributed by atoms with van der Waals surface area (Å²) in [6, 6.07) is 16.0. The molecule has 0 atom stereocenters. The number of hydrogen-bond acceptors (Lipinski definition) is 6. The highest BCUT2D eigenvalue weighted by Crippen LogP contribution is 2.43. The Morgan fingerprint density at radius 3 is 2.43 bits per heavy atom. The van der Waals surface area contributed by atoms with Gasteiger partial charge >= 0.3 is 0 Å². The first-order valence-electron chi connectivity index (χ1n) is 9.12. The molecule has 2 aromatic heterocycles. The summed E-state index contributed by atoms with van der Waals surface area (Å²) in [5.74, 6) is 0.754. The smallest absolute Gasteiger partial charge is 0.211 e. The van der Waals surface area contributed by atoms with E-state index in [0.717, 1.165) is 16.6 Å². The Balaban J connectivity index is 1.66. The minimum Gasteiger partial charge on any atom is -0.316 e. The summed E-state index contributed by atoms with van der Waals surface area (Å²) >= 11 is 1.54. The maximum Gasteiger partial charge on any atom is 0.211 e. The van der Waals surface area contributed by atoms with E-state index >= 15 is 0 Å². The Labute approximate surface area is 169 Å². The fraction of sp³-hybridized carbons (Fsp3) is 0.300. The second kappa shape index (κ2) is 7.62. The van der Waals surface area contributed by atoms with Gasteiger partial charge in [-0.05, 0) is 30.5 Å². The molecule has 28 heavy (non-hydrogen) atoms. The van der Waals surface area contributed by atoms with E-state index in [4.69, 9.17) is 4.98 Å². The predicted molar refractivity (Wildman–Crippen MR) is 113 cm³/mol. The zero-order valence-corrected chi connectivity index (χ0v) is 17.2. The second-order valence-corrected chi connectivity index (χ2v) is 9.83. The first-order chi connectivity index (χ1) is 13.5. The molecule has 4 rings (SSSR count). The third-order valence-corrected chi connectivity index (χ3v) is 7.33. The molecule has 0 saturated carbocycles. The number of pyridine rings is 1. The lowest BCUT2D eigenvalue weighted by Crippen LogP contribution is -2.45. The van der Waals surface area contributed by atoms with Gasteiger partial charge in [0.1, 0.15) is 5.82 Å². The summed E-state index contributed by atoms with van der Waals surface area (Å²) in [5.41, 5.74) is 1.87. The Morgan fingerprint density at radius 1 is 1.07 bits per heavy atom. The van der Waals surface area contributed by atoms with Gasteiger partial charge in [0.05, 0.1) is 11.9 Å². The lowest BCUT2D eigenvalue weighted by molar-refractivity contribution is 0.263. The lowest BCUT2D eigenvalue weighted by Gasteiger charge is -2.40. The van der Waals surface area contributed by atoms with Crippen molar-refractivity contribution in [1.82, 2.24) is 14.3 Å². The highest BCUT2D eigenvalue weighted by atomic mass is 32.2. The SMILES string of the molecule is CS(=O)(=O)N1CCC(c2ccccc2)(c2csc(Nc3ccccn3)n2)CC1. The van der Waals surface area contributed by atoms with Crippen LogP contribution in [0.25, 0.3) is 0 Å². The van der Waals surface area contributed by atoms with Crippen molar-refractivity contribution in [2.45, 2.75) is 18.3 Å². The number of nitrogens with one attached hydrogen (secondary N) is 1. The van der Waals surface area contributed by atoms with Crippen molar-refractivity contribution in [2.75, 3.05) is 24.7 Å². The summed E-state index contributed by atoms with van der Waals surface area (Å²) in [7, 11) is -3.18. The standard InChI is InChI=1S/C20H22N4O2S2/c1-28(25,26)24-13-10-20(11-14-24,16-7-3-2-4-8-16)17-15-27-19(22-17)23-18-9-5-6-12-21-18/h2-9,12,15H,10-11,13-14H2,1H3,(H,21,22,23). The molecule has 1 aliphatic heterocycles. The van der Waals surface area contributed by atoms with Gasteiger partial charge in [-0.25, -0.2) is 22.7 Å². The predicted octanol–water partition coefficient (Wildman–Crippen LogP) is 3.62. The molecule has 1 fully saturated rings. The van der Waals surface area contributed by atoms with E-state index in [0.29, 0.717) is 25.9 Å². The Morgan fingerprint density at radius 2 is 1.79 bits per heavy atom. The van der Waals surface area contributed by atoms with Gasteiger partial charge in [-0.2, -0.15) is 0 Å². The second-order valence-electron chi connectivity index (χ2n) is 6.99. The summed E-state index contributed by atoms with van der Waals surface area (Å²) in [6.07, 6.45) is 4.43. The molecule has 1 saturated heterocycles. The Bertz CT molecular complexity index is 1030. The minimum atomic E-state index is -3.18. The van der Waals surface area contributed by atoms with Crippen LogP contribution in [0.15, 0.2) is 60.1 Å². The van der Waals surface area contributed by atoms with Crippen LogP contribution < -0.4 is 5.32 Å². The van der Waals surface area contributed by atoms with E-state index in [2.05, 4.69) is 27.8 Å². The van der Waals surface area contributed by atoms with E-state index in [-0.39, 0.29) is 5.41 Å². The molecule has 6 nitrogen and oxygen atoms in total. The number of thiazole rings is 1. The van der Waals surface area contributed by atoms with Crippen molar-refractivity contribution in [2.24, 2.45) is 0 Å². The summed E-state index contributed by atoms with van der Waals surface area (Å²) < 4.78 is 25.5. The van der Waals surface area contributed by atoms with Gasteiger partial charge in [0.25, 0.3) is 0 Å². The fourth-order valence-corrected chi connectivity index (χ4v) is 5.41. The van der Waals surface area contributed by atoms with Crippen LogP contribution in [-0.2, 0) is 15.4 Å². The van der Waals surface area contributed by atoms with E-state index < -0.39 is 10.0 Å². The third-order valence-electron chi connectivity index (χ3n) is 5.27. The van der Waals surface area contributed by atoms with Crippen molar-refractivity contribution in [3.05, 3.63) is 71.4 Å². The molecule has 8 heteroatoms. The van der Waals surface area contributed by atoms with Gasteiger partial charge in [-0.15, -0.1) is 11.3 Å². The molecule has 0 radical (unpaired) electrons. The van der Waals surface area contributed by atoms with Crippen LogP contribution in [0.2, 0.25) is 0 Å². The van der Waals surface area contributed by atoms with Crippen LogP contribution in [0.1, 0.15) is 24.1 Å². The van der Waals surface area contributed by atoms with Gasteiger partial charge in [0.2, 0.25) is 10.0 Å². The van der Waals surface area contributed by atoms with Gasteiger partial charge in [0, 0.05) is 30.1 Å².